The summed E-state index contributed by atoms with van der Waals surface area (Å²) in [7, 11) is 0. The van der Waals surface area contributed by atoms with Gasteiger partial charge in [0.15, 0.2) is 6.10 Å². The van der Waals surface area contributed by atoms with Crippen LogP contribution in [-0.4, -0.2) is 21.9 Å². The summed E-state index contributed by atoms with van der Waals surface area (Å²) < 4.78 is 6.47. The van der Waals surface area contributed by atoms with Crippen molar-refractivity contribution in [1.82, 2.24) is 9.78 Å². The third kappa shape index (κ3) is 4.56. The molecule has 0 saturated carbocycles. The van der Waals surface area contributed by atoms with Gasteiger partial charge in [-0.15, -0.1) is 0 Å². The number of ether oxygens (including phenoxy) is 1. The van der Waals surface area contributed by atoms with Gasteiger partial charge >= 0.3 is 5.97 Å². The lowest BCUT2D eigenvalue weighted by Crippen LogP contribution is -2.14. The Hall–Kier alpha value is -3.89. The number of aromatic nitrogens is 2. The molecule has 1 heterocycles. The Bertz CT molecular complexity index is 939. The average Bonchev–Trinajstić information content (AvgIpc) is 3.07. The van der Waals surface area contributed by atoms with Crippen LogP contribution >= 0.6 is 0 Å². The number of nitriles is 3. The second-order valence-corrected chi connectivity index (χ2v) is 5.32. The lowest BCUT2D eigenvalue weighted by molar-refractivity contribution is -0.140. The number of carbonyl (C=O) groups is 1. The number of esters is 1. The third-order valence-corrected chi connectivity index (χ3v) is 3.40. The summed E-state index contributed by atoms with van der Waals surface area (Å²) in [6.07, 6.45) is 2.38. The van der Waals surface area contributed by atoms with Gasteiger partial charge in [0.2, 0.25) is 0 Å². The molecule has 128 valence electrons. The van der Waals surface area contributed by atoms with Crippen molar-refractivity contribution in [3.8, 4) is 29.5 Å². The first-order valence-electron chi connectivity index (χ1n) is 7.81. The molecule has 0 unspecified atom stereocenters. The summed E-state index contributed by atoms with van der Waals surface area (Å²) in [6.45, 7) is 1.81. The van der Waals surface area contributed by atoms with E-state index in [1.807, 2.05) is 36.4 Å². The molecule has 0 amide bonds. The minimum Gasteiger partial charge on any atom is -0.443 e. The minimum atomic E-state index is -0.953. The van der Waals surface area contributed by atoms with Gasteiger partial charge in [0.1, 0.15) is 17.7 Å². The molecule has 1 atom stereocenters. The standard InChI is InChI=1S/C19H15N5O2/c1-14(11-21)26-19(25)16(12-22)10-17-13-24(9-5-8-20)23-18(17)15-6-3-2-4-7-15/h2-4,6-7,10,13-14H,5,9H2,1H3/b16-10+/t14-/m0/s1. The van der Waals surface area contributed by atoms with Crippen LogP contribution in [0.3, 0.4) is 0 Å². The summed E-state index contributed by atoms with van der Waals surface area (Å²) in [5.41, 5.74) is 1.71. The van der Waals surface area contributed by atoms with Crippen LogP contribution in [0.1, 0.15) is 18.9 Å². The zero-order valence-electron chi connectivity index (χ0n) is 14.1. The molecule has 0 aliphatic heterocycles. The van der Waals surface area contributed by atoms with Crippen molar-refractivity contribution in [2.24, 2.45) is 0 Å². The van der Waals surface area contributed by atoms with E-state index in [1.165, 1.54) is 13.0 Å². The van der Waals surface area contributed by atoms with Gasteiger partial charge in [-0.05, 0) is 13.0 Å². The van der Waals surface area contributed by atoms with E-state index < -0.39 is 12.1 Å². The smallest absolute Gasteiger partial charge is 0.350 e. The fourth-order valence-electron chi connectivity index (χ4n) is 2.18. The molecule has 0 aliphatic rings. The molecule has 1 aromatic heterocycles. The molecule has 0 fully saturated rings. The molecule has 0 bridgehead atoms. The van der Waals surface area contributed by atoms with Crippen LogP contribution < -0.4 is 0 Å². The molecular weight excluding hydrogens is 330 g/mol. The zero-order valence-corrected chi connectivity index (χ0v) is 14.1. The molecule has 2 rings (SSSR count). The number of benzene rings is 1. The predicted octanol–water partition coefficient (Wildman–Crippen LogP) is 2.83. The van der Waals surface area contributed by atoms with Crippen LogP contribution in [0, 0.1) is 34.0 Å². The molecule has 1 aromatic carbocycles. The lowest BCUT2D eigenvalue weighted by Gasteiger charge is -2.04. The molecule has 0 saturated heterocycles. The first-order chi connectivity index (χ1) is 12.6. The van der Waals surface area contributed by atoms with Crippen LogP contribution in [0.25, 0.3) is 17.3 Å². The fourth-order valence-corrected chi connectivity index (χ4v) is 2.18. The van der Waals surface area contributed by atoms with Crippen molar-refractivity contribution in [2.45, 2.75) is 26.0 Å². The molecule has 0 N–H and O–H groups in total. The highest BCUT2D eigenvalue weighted by Crippen LogP contribution is 2.24. The second-order valence-electron chi connectivity index (χ2n) is 5.32. The molecular formula is C19H15N5O2. The largest absolute Gasteiger partial charge is 0.443 e. The Kier molecular flexibility index (Phi) is 6.26. The quantitative estimate of drug-likeness (QED) is 0.451. The van der Waals surface area contributed by atoms with Gasteiger partial charge < -0.3 is 4.74 Å². The van der Waals surface area contributed by atoms with E-state index in [0.717, 1.165) is 5.56 Å². The molecule has 0 aliphatic carbocycles. The summed E-state index contributed by atoms with van der Waals surface area (Å²) in [5.74, 6) is -0.870. The van der Waals surface area contributed by atoms with E-state index in [2.05, 4.69) is 5.10 Å². The highest BCUT2D eigenvalue weighted by Gasteiger charge is 2.17. The Morgan fingerprint density at radius 2 is 2.04 bits per heavy atom. The summed E-state index contributed by atoms with van der Waals surface area (Å²) >= 11 is 0. The van der Waals surface area contributed by atoms with E-state index in [1.54, 1.807) is 23.0 Å². The normalized spacial score (nSPS) is 11.7. The van der Waals surface area contributed by atoms with Gasteiger partial charge in [-0.3, -0.25) is 4.68 Å². The van der Waals surface area contributed by atoms with E-state index >= 15 is 0 Å². The highest BCUT2D eigenvalue weighted by molar-refractivity contribution is 5.99. The van der Waals surface area contributed by atoms with Crippen LogP contribution in [0.4, 0.5) is 0 Å². The maximum atomic E-state index is 12.0. The predicted molar refractivity (Wildman–Crippen MR) is 92.7 cm³/mol. The topological polar surface area (TPSA) is 115 Å². The maximum Gasteiger partial charge on any atom is 0.350 e. The first-order valence-corrected chi connectivity index (χ1v) is 7.81. The lowest BCUT2D eigenvalue weighted by atomic mass is 10.1. The molecule has 0 radical (unpaired) electrons. The Balaban J connectivity index is 2.44. The Labute approximate surface area is 151 Å². The molecule has 7 nitrogen and oxygen atoms in total. The number of nitrogens with zero attached hydrogens (tertiary/aromatic N) is 5. The zero-order chi connectivity index (χ0) is 18.9. The van der Waals surface area contributed by atoms with Crippen molar-refractivity contribution in [1.29, 1.82) is 15.8 Å². The van der Waals surface area contributed by atoms with Gasteiger partial charge in [-0.2, -0.15) is 20.9 Å². The van der Waals surface area contributed by atoms with Crippen molar-refractivity contribution >= 4 is 12.0 Å². The van der Waals surface area contributed by atoms with Gasteiger partial charge in [-0.25, -0.2) is 4.79 Å². The Morgan fingerprint density at radius 3 is 2.65 bits per heavy atom. The third-order valence-electron chi connectivity index (χ3n) is 3.40. The first kappa shape index (κ1) is 18.4. The van der Waals surface area contributed by atoms with Crippen LogP contribution in [0.2, 0.25) is 0 Å². The average molecular weight is 345 g/mol. The number of hydrogen-bond donors (Lipinski definition) is 0. The van der Waals surface area contributed by atoms with Crippen LogP contribution in [0.5, 0.6) is 0 Å². The number of rotatable bonds is 6. The molecule has 7 heteroatoms. The van der Waals surface area contributed by atoms with Crippen molar-refractivity contribution in [3.05, 3.63) is 47.7 Å². The van der Waals surface area contributed by atoms with E-state index in [9.17, 15) is 10.1 Å². The van der Waals surface area contributed by atoms with E-state index in [-0.39, 0.29) is 12.0 Å². The van der Waals surface area contributed by atoms with Crippen LogP contribution in [0.15, 0.2) is 42.1 Å². The van der Waals surface area contributed by atoms with Crippen molar-refractivity contribution in [3.63, 3.8) is 0 Å². The highest BCUT2D eigenvalue weighted by atomic mass is 16.5. The molecule has 26 heavy (non-hydrogen) atoms. The Morgan fingerprint density at radius 1 is 1.31 bits per heavy atom. The second kappa shape index (κ2) is 8.82. The van der Waals surface area contributed by atoms with Gasteiger partial charge in [0.05, 0.1) is 24.7 Å². The van der Waals surface area contributed by atoms with Crippen LogP contribution in [-0.2, 0) is 16.1 Å². The SMILES string of the molecule is C[C@@H](C#N)OC(=O)/C(C#N)=C/c1cn(CCC#N)nc1-c1ccccc1. The summed E-state index contributed by atoms with van der Waals surface area (Å²) in [4.78, 5) is 12.0. The van der Waals surface area contributed by atoms with Gasteiger partial charge in [0, 0.05) is 17.3 Å². The number of hydrogen-bond acceptors (Lipinski definition) is 6. The number of aryl methyl sites for hydroxylation is 1. The van der Waals surface area contributed by atoms with Gasteiger partial charge in [0.25, 0.3) is 0 Å². The summed E-state index contributed by atoms with van der Waals surface area (Å²) in [5, 5.41) is 31.2. The van der Waals surface area contributed by atoms with Gasteiger partial charge in [-0.1, -0.05) is 30.3 Å². The maximum absolute atomic E-state index is 12.0. The number of carbonyl (C=O) groups excluding carboxylic acids is 1. The summed E-state index contributed by atoms with van der Waals surface area (Å²) in [6, 6.07) is 14.9. The molecule has 0 spiro atoms. The minimum absolute atomic E-state index is 0.232. The van der Waals surface area contributed by atoms with E-state index in [4.69, 9.17) is 15.3 Å². The fraction of sp³-hybridized carbons (Fsp3) is 0.211. The monoisotopic (exact) mass is 345 g/mol. The molecule has 2 aromatic rings. The van der Waals surface area contributed by atoms with E-state index in [0.29, 0.717) is 17.8 Å². The van der Waals surface area contributed by atoms with Crippen molar-refractivity contribution < 1.29 is 9.53 Å². The van der Waals surface area contributed by atoms with Crippen molar-refractivity contribution in [2.75, 3.05) is 0 Å².